The van der Waals surface area contributed by atoms with Crippen LogP contribution in [0.4, 0.5) is 0 Å². The average Bonchev–Trinajstić information content (AvgIpc) is 2.38. The van der Waals surface area contributed by atoms with E-state index in [1.807, 2.05) is 17.1 Å². The number of hydrogen-bond acceptors (Lipinski definition) is 4. The van der Waals surface area contributed by atoms with Gasteiger partial charge < -0.3 is 14.2 Å². The van der Waals surface area contributed by atoms with Crippen molar-refractivity contribution in [3.8, 4) is 0 Å². The van der Waals surface area contributed by atoms with Gasteiger partial charge in [0.1, 0.15) is 13.4 Å². The minimum atomic E-state index is -0.254. The molecule has 0 N–H and O–H groups in total. The van der Waals surface area contributed by atoms with Crippen molar-refractivity contribution in [2.24, 2.45) is 5.92 Å². The topological polar surface area (TPSA) is 44.8 Å². The molecule has 0 spiro atoms. The third-order valence-electron chi connectivity index (χ3n) is 2.90. The molecule has 0 amide bonds. The molecule has 0 aromatic heterocycles. The molecule has 0 saturated carbocycles. The summed E-state index contributed by atoms with van der Waals surface area (Å²) in [7, 11) is 1.63. The summed E-state index contributed by atoms with van der Waals surface area (Å²) in [5.41, 5.74) is 1.20. The molecule has 5 heteroatoms. The second-order valence-corrected chi connectivity index (χ2v) is 5.40. The van der Waals surface area contributed by atoms with Crippen LogP contribution in [0.2, 0.25) is 0 Å². The van der Waals surface area contributed by atoms with Gasteiger partial charge in [0.25, 0.3) is 0 Å². The maximum absolute atomic E-state index is 10.7. The van der Waals surface area contributed by atoms with E-state index in [1.54, 1.807) is 7.11 Å². The first-order chi connectivity index (χ1) is 9.51. The Balaban J connectivity index is 4.25. The Morgan fingerprint density at radius 3 is 2.60 bits per heavy atom. The van der Waals surface area contributed by atoms with Crippen molar-refractivity contribution in [2.75, 3.05) is 20.5 Å². The Labute approximate surface area is 135 Å². The molecule has 0 unspecified atom stereocenters. The van der Waals surface area contributed by atoms with E-state index >= 15 is 0 Å². The fourth-order valence-corrected chi connectivity index (χ4v) is 2.32. The van der Waals surface area contributed by atoms with Gasteiger partial charge in [0.15, 0.2) is 0 Å². The van der Waals surface area contributed by atoms with Gasteiger partial charge in [-0.3, -0.25) is 4.79 Å². The van der Waals surface area contributed by atoms with Crippen LogP contribution in [-0.2, 0) is 19.0 Å². The summed E-state index contributed by atoms with van der Waals surface area (Å²) in [5, 5.41) is 0. The summed E-state index contributed by atoms with van der Waals surface area (Å²) in [5.74, 6) is 0.0829. The molecule has 0 radical (unpaired) electrons. The van der Waals surface area contributed by atoms with Crippen molar-refractivity contribution in [3.05, 3.63) is 21.8 Å². The smallest absolute Gasteiger partial charge is 0.302 e. The molecule has 2 atom stereocenters. The zero-order chi connectivity index (χ0) is 15.4. The molecular weight excluding hydrogens is 371 g/mol. The molecule has 0 rings (SSSR count). The highest BCUT2D eigenvalue weighted by Gasteiger charge is 2.15. The molecule has 0 bridgehead atoms. The van der Waals surface area contributed by atoms with Crippen LogP contribution in [-0.4, -0.2) is 32.6 Å². The summed E-state index contributed by atoms with van der Waals surface area (Å²) in [6, 6.07) is 0. The molecule has 0 aliphatic heterocycles. The second-order valence-electron chi connectivity index (χ2n) is 4.68. The van der Waals surface area contributed by atoms with Crippen molar-refractivity contribution in [2.45, 2.75) is 39.7 Å². The summed E-state index contributed by atoms with van der Waals surface area (Å²) < 4.78 is 17.6. The third-order valence-corrected chi connectivity index (χ3v) is 3.32. The molecule has 4 nitrogen and oxygen atoms in total. The minimum absolute atomic E-state index is 0.123. The number of carbonyl (C=O) groups excluding carboxylic acids is 1. The number of allylic oxidation sites excluding steroid dienone is 1. The van der Waals surface area contributed by atoms with Gasteiger partial charge in [-0.05, 0) is 29.9 Å². The molecule has 20 heavy (non-hydrogen) atoms. The fourth-order valence-electron chi connectivity index (χ4n) is 1.67. The van der Waals surface area contributed by atoms with Gasteiger partial charge in [0.2, 0.25) is 0 Å². The zero-order valence-corrected chi connectivity index (χ0v) is 14.9. The molecule has 0 aromatic rings. The molecule has 0 aliphatic rings. The maximum atomic E-state index is 10.7. The lowest BCUT2D eigenvalue weighted by Crippen LogP contribution is -2.22. The quantitative estimate of drug-likeness (QED) is 0.244. The van der Waals surface area contributed by atoms with Gasteiger partial charge >= 0.3 is 5.97 Å². The lowest BCUT2D eigenvalue weighted by molar-refractivity contribution is -0.139. The number of carbonyl (C=O) groups is 1. The van der Waals surface area contributed by atoms with E-state index in [0.717, 1.165) is 12.8 Å². The molecule has 0 fully saturated rings. The standard InChI is InChI=1S/C15H25IO4/c1-12(8-10-19-14(3)17)5-6-15(20-11-18-4)13(2)7-9-16/h7-9,13,15H,5-6,10-11H2,1-4H3/b9-7+,12-8-/t13-,15-/m1/s1. The Hall–Kier alpha value is -0.400. The van der Waals surface area contributed by atoms with Crippen LogP contribution < -0.4 is 0 Å². The second kappa shape index (κ2) is 12.3. The van der Waals surface area contributed by atoms with Gasteiger partial charge in [-0.1, -0.05) is 41.2 Å². The van der Waals surface area contributed by atoms with Crippen LogP contribution in [0.3, 0.4) is 0 Å². The summed E-state index contributed by atoms with van der Waals surface area (Å²) in [6.07, 6.45) is 6.01. The average molecular weight is 396 g/mol. The number of halogens is 1. The first-order valence-corrected chi connectivity index (χ1v) is 7.92. The molecule has 116 valence electrons. The highest BCUT2D eigenvalue weighted by molar-refractivity contribution is 14.1. The number of methoxy groups -OCH3 is 1. The van der Waals surface area contributed by atoms with Crippen molar-refractivity contribution in [1.29, 1.82) is 0 Å². The van der Waals surface area contributed by atoms with Gasteiger partial charge in [-0.2, -0.15) is 0 Å². The van der Waals surface area contributed by atoms with Crippen LogP contribution in [0.25, 0.3) is 0 Å². The predicted molar refractivity (Wildman–Crippen MR) is 88.7 cm³/mol. The molecule has 0 aromatic carbocycles. The number of rotatable bonds is 10. The zero-order valence-electron chi connectivity index (χ0n) is 12.7. The highest BCUT2D eigenvalue weighted by atomic mass is 127. The Bertz CT molecular complexity index is 326. The lowest BCUT2D eigenvalue weighted by Gasteiger charge is -2.21. The normalized spacial score (nSPS) is 15.3. The summed E-state index contributed by atoms with van der Waals surface area (Å²) >= 11 is 2.21. The molecule has 0 aliphatic carbocycles. The first-order valence-electron chi connectivity index (χ1n) is 6.67. The Morgan fingerprint density at radius 2 is 2.05 bits per heavy atom. The van der Waals surface area contributed by atoms with Crippen molar-refractivity contribution >= 4 is 28.6 Å². The maximum Gasteiger partial charge on any atom is 0.302 e. The molecule has 0 heterocycles. The van der Waals surface area contributed by atoms with Gasteiger partial charge in [0, 0.05) is 20.0 Å². The SMILES string of the molecule is COCO[C@H](CC/C(C)=C\COC(C)=O)[C@H](C)/C=C/I. The van der Waals surface area contributed by atoms with Crippen molar-refractivity contribution < 1.29 is 19.0 Å². The van der Waals surface area contributed by atoms with Crippen LogP contribution in [0.15, 0.2) is 21.8 Å². The van der Waals surface area contributed by atoms with E-state index in [9.17, 15) is 4.79 Å². The monoisotopic (exact) mass is 396 g/mol. The summed E-state index contributed by atoms with van der Waals surface area (Å²) in [4.78, 5) is 10.7. The Morgan fingerprint density at radius 1 is 1.35 bits per heavy atom. The minimum Gasteiger partial charge on any atom is -0.462 e. The van der Waals surface area contributed by atoms with Crippen molar-refractivity contribution in [1.82, 2.24) is 0 Å². The van der Waals surface area contributed by atoms with E-state index in [1.165, 1.54) is 12.5 Å². The highest BCUT2D eigenvalue weighted by Crippen LogP contribution is 2.18. The molecular formula is C15H25IO4. The van der Waals surface area contributed by atoms with Crippen LogP contribution >= 0.6 is 22.6 Å². The van der Waals surface area contributed by atoms with Crippen molar-refractivity contribution in [3.63, 3.8) is 0 Å². The number of ether oxygens (including phenoxy) is 3. The summed E-state index contributed by atoms with van der Waals surface area (Å²) in [6.45, 7) is 6.23. The number of hydrogen-bond donors (Lipinski definition) is 0. The third kappa shape index (κ3) is 10.4. The van der Waals surface area contributed by atoms with Crippen LogP contribution in [0.5, 0.6) is 0 Å². The van der Waals surface area contributed by atoms with Crippen LogP contribution in [0, 0.1) is 5.92 Å². The van der Waals surface area contributed by atoms with E-state index < -0.39 is 0 Å². The van der Waals surface area contributed by atoms with Crippen LogP contribution in [0.1, 0.15) is 33.6 Å². The Kier molecular flexibility index (Phi) is 12.1. The van der Waals surface area contributed by atoms with E-state index in [4.69, 9.17) is 14.2 Å². The van der Waals surface area contributed by atoms with E-state index in [0.29, 0.717) is 19.3 Å². The van der Waals surface area contributed by atoms with Gasteiger partial charge in [0.05, 0.1) is 6.10 Å². The predicted octanol–water partition coefficient (Wildman–Crippen LogP) is 3.85. The fraction of sp³-hybridized carbons (Fsp3) is 0.667. The van der Waals surface area contributed by atoms with E-state index in [-0.39, 0.29) is 12.1 Å². The van der Waals surface area contributed by atoms with E-state index in [2.05, 4.69) is 35.6 Å². The number of esters is 1. The van der Waals surface area contributed by atoms with Gasteiger partial charge in [-0.25, -0.2) is 0 Å². The first kappa shape index (κ1) is 19.6. The lowest BCUT2D eigenvalue weighted by atomic mass is 9.98. The molecule has 0 saturated heterocycles. The van der Waals surface area contributed by atoms with Gasteiger partial charge in [-0.15, -0.1) is 0 Å². The largest absolute Gasteiger partial charge is 0.462 e.